The second kappa shape index (κ2) is 5.01. The number of carboxylic acids is 1. The van der Waals surface area contributed by atoms with E-state index in [0.29, 0.717) is 0 Å². The molecule has 0 aromatic carbocycles. The van der Waals surface area contributed by atoms with Crippen LogP contribution in [0.2, 0.25) is 0 Å². The molecule has 0 aliphatic carbocycles. The normalized spacial score (nSPS) is 27.2. The number of carboxylic acid groups (broad SMARTS) is 1. The van der Waals surface area contributed by atoms with Crippen LogP contribution in [0.3, 0.4) is 0 Å². The predicted octanol–water partition coefficient (Wildman–Crippen LogP) is 0.564. The lowest BCUT2D eigenvalue weighted by Gasteiger charge is -2.19. The topological polar surface area (TPSA) is 60.8 Å². The molecule has 0 bridgehead atoms. The van der Waals surface area contributed by atoms with Crippen molar-refractivity contribution in [1.29, 1.82) is 0 Å². The second-order valence-corrected chi connectivity index (χ2v) is 3.99. The van der Waals surface area contributed by atoms with Crippen molar-refractivity contribution in [3.05, 3.63) is 0 Å². The summed E-state index contributed by atoms with van der Waals surface area (Å²) in [7, 11) is 0. The Kier molecular flexibility index (Phi) is 4.15. The molecule has 0 saturated carbocycles. The lowest BCUT2D eigenvalue weighted by Crippen LogP contribution is -2.31. The van der Waals surface area contributed by atoms with E-state index < -0.39 is 30.6 Å². The number of hydrogen-bond donors (Lipinski definition) is 2. The van der Waals surface area contributed by atoms with Crippen molar-refractivity contribution in [2.45, 2.75) is 12.6 Å². The Hall–Kier alpha value is -0.820. The van der Waals surface area contributed by atoms with Crippen LogP contribution in [0.25, 0.3) is 0 Å². The van der Waals surface area contributed by atoms with Crippen molar-refractivity contribution in [3.8, 4) is 0 Å². The summed E-state index contributed by atoms with van der Waals surface area (Å²) in [5.41, 5.74) is 0. The molecule has 7 heteroatoms. The Morgan fingerprint density at radius 3 is 2.38 bits per heavy atom. The van der Waals surface area contributed by atoms with Gasteiger partial charge in [0.2, 0.25) is 0 Å². The summed E-state index contributed by atoms with van der Waals surface area (Å²) in [5.74, 6) is -3.42. The molecule has 2 atom stereocenters. The van der Waals surface area contributed by atoms with Gasteiger partial charge in [-0.05, 0) is 0 Å². The zero-order valence-corrected chi connectivity index (χ0v) is 8.57. The zero-order valence-electron chi connectivity index (χ0n) is 8.57. The van der Waals surface area contributed by atoms with Crippen LogP contribution in [-0.2, 0) is 4.79 Å². The molecular formula is C9H14F3NO3. The number of hydrogen-bond acceptors (Lipinski definition) is 3. The first kappa shape index (κ1) is 13.2. The predicted molar refractivity (Wildman–Crippen MR) is 48.8 cm³/mol. The fraction of sp³-hybridized carbons (Fsp3) is 0.889. The highest BCUT2D eigenvalue weighted by Gasteiger charge is 2.49. The fourth-order valence-corrected chi connectivity index (χ4v) is 1.95. The van der Waals surface area contributed by atoms with Crippen LogP contribution in [0.4, 0.5) is 13.2 Å². The molecule has 0 aromatic rings. The molecule has 4 nitrogen and oxygen atoms in total. The first-order chi connectivity index (χ1) is 7.34. The maximum Gasteiger partial charge on any atom is 0.393 e. The van der Waals surface area contributed by atoms with E-state index >= 15 is 0 Å². The van der Waals surface area contributed by atoms with Crippen molar-refractivity contribution in [2.75, 3.05) is 26.2 Å². The summed E-state index contributed by atoms with van der Waals surface area (Å²) in [4.78, 5) is 11.7. The quantitative estimate of drug-likeness (QED) is 0.755. The Morgan fingerprint density at radius 2 is 2.00 bits per heavy atom. The van der Waals surface area contributed by atoms with E-state index in [1.807, 2.05) is 0 Å². The van der Waals surface area contributed by atoms with Gasteiger partial charge in [0, 0.05) is 32.2 Å². The van der Waals surface area contributed by atoms with Gasteiger partial charge in [-0.3, -0.25) is 4.79 Å². The number of alkyl halides is 3. The van der Waals surface area contributed by atoms with E-state index in [4.69, 9.17) is 10.2 Å². The maximum absolute atomic E-state index is 12.5. The van der Waals surface area contributed by atoms with Crippen LogP contribution in [0.5, 0.6) is 0 Å². The molecule has 1 heterocycles. The molecule has 0 aromatic heterocycles. The molecule has 1 aliphatic rings. The van der Waals surface area contributed by atoms with Gasteiger partial charge in [-0.1, -0.05) is 0 Å². The molecule has 2 N–H and O–H groups in total. The molecule has 1 rings (SSSR count). The third-order valence-corrected chi connectivity index (χ3v) is 2.81. The Balaban J connectivity index is 2.53. The van der Waals surface area contributed by atoms with Gasteiger partial charge < -0.3 is 15.1 Å². The number of likely N-dealkylation sites (tertiary alicyclic amines) is 1. The standard InChI is InChI=1S/C9H14F3NO3/c10-9(11,12)7-4-13(2-1-8(15)16)3-6(7)5-14/h6-7,14H,1-5H2,(H,15,16)/t6-,7-/m1/s1. The number of aliphatic hydroxyl groups excluding tert-OH is 1. The van der Waals surface area contributed by atoms with Crippen LogP contribution < -0.4 is 0 Å². The number of rotatable bonds is 4. The third-order valence-electron chi connectivity index (χ3n) is 2.81. The molecule has 0 spiro atoms. The fourth-order valence-electron chi connectivity index (χ4n) is 1.95. The third kappa shape index (κ3) is 3.34. The van der Waals surface area contributed by atoms with E-state index in [1.165, 1.54) is 4.90 Å². The molecule has 94 valence electrons. The van der Waals surface area contributed by atoms with Gasteiger partial charge in [0.05, 0.1) is 12.3 Å². The van der Waals surface area contributed by atoms with Gasteiger partial charge >= 0.3 is 12.1 Å². The molecular weight excluding hydrogens is 227 g/mol. The lowest BCUT2D eigenvalue weighted by molar-refractivity contribution is -0.183. The van der Waals surface area contributed by atoms with Crippen molar-refractivity contribution >= 4 is 5.97 Å². The van der Waals surface area contributed by atoms with Gasteiger partial charge in [-0.15, -0.1) is 0 Å². The van der Waals surface area contributed by atoms with E-state index in [2.05, 4.69) is 0 Å². The van der Waals surface area contributed by atoms with Crippen LogP contribution in [0.15, 0.2) is 0 Å². The van der Waals surface area contributed by atoms with E-state index in [-0.39, 0.29) is 26.1 Å². The summed E-state index contributed by atoms with van der Waals surface area (Å²) < 4.78 is 37.5. The van der Waals surface area contributed by atoms with Crippen molar-refractivity contribution < 1.29 is 28.2 Å². The molecule has 0 amide bonds. The average Bonchev–Trinajstić information content (AvgIpc) is 2.57. The van der Waals surface area contributed by atoms with Crippen molar-refractivity contribution in [1.82, 2.24) is 4.90 Å². The van der Waals surface area contributed by atoms with E-state index in [0.717, 1.165) is 0 Å². The summed E-state index contributed by atoms with van der Waals surface area (Å²) in [6, 6.07) is 0. The Labute approximate surface area is 90.7 Å². The highest BCUT2D eigenvalue weighted by molar-refractivity contribution is 5.66. The molecule has 16 heavy (non-hydrogen) atoms. The van der Waals surface area contributed by atoms with Crippen LogP contribution in [0.1, 0.15) is 6.42 Å². The minimum atomic E-state index is -4.33. The maximum atomic E-state index is 12.5. The van der Waals surface area contributed by atoms with Gasteiger partial charge in [-0.2, -0.15) is 13.2 Å². The van der Waals surface area contributed by atoms with Crippen LogP contribution in [0, 0.1) is 11.8 Å². The summed E-state index contributed by atoms with van der Waals surface area (Å²) >= 11 is 0. The number of nitrogens with zero attached hydrogens (tertiary/aromatic N) is 1. The van der Waals surface area contributed by atoms with Crippen molar-refractivity contribution in [2.24, 2.45) is 11.8 Å². The molecule has 1 fully saturated rings. The molecule has 1 saturated heterocycles. The Bertz CT molecular complexity index is 257. The summed E-state index contributed by atoms with van der Waals surface area (Å²) in [6.45, 7) is -0.540. The molecule has 0 unspecified atom stereocenters. The number of aliphatic carboxylic acids is 1. The lowest BCUT2D eigenvalue weighted by atomic mass is 9.97. The Morgan fingerprint density at radius 1 is 1.38 bits per heavy atom. The summed E-state index contributed by atoms with van der Waals surface area (Å²) in [6.07, 6.45) is -4.51. The van der Waals surface area contributed by atoms with Gasteiger partial charge in [0.25, 0.3) is 0 Å². The molecule has 0 radical (unpaired) electrons. The number of aliphatic hydroxyl groups is 1. The average molecular weight is 241 g/mol. The van der Waals surface area contributed by atoms with Crippen molar-refractivity contribution in [3.63, 3.8) is 0 Å². The second-order valence-electron chi connectivity index (χ2n) is 3.99. The van der Waals surface area contributed by atoms with Gasteiger partial charge in [0.1, 0.15) is 0 Å². The minimum absolute atomic E-state index is 0.0956. The summed E-state index contributed by atoms with van der Waals surface area (Å²) in [5, 5.41) is 17.3. The van der Waals surface area contributed by atoms with Crippen LogP contribution in [-0.4, -0.2) is 53.5 Å². The van der Waals surface area contributed by atoms with Gasteiger partial charge in [-0.25, -0.2) is 0 Å². The van der Waals surface area contributed by atoms with Crippen LogP contribution >= 0.6 is 0 Å². The zero-order chi connectivity index (χ0) is 12.3. The smallest absolute Gasteiger partial charge is 0.393 e. The van der Waals surface area contributed by atoms with E-state index in [1.54, 1.807) is 0 Å². The molecule has 1 aliphatic heterocycles. The number of halogens is 3. The van der Waals surface area contributed by atoms with E-state index in [9.17, 15) is 18.0 Å². The monoisotopic (exact) mass is 241 g/mol. The number of carbonyl (C=O) groups is 1. The first-order valence-electron chi connectivity index (χ1n) is 4.96. The highest BCUT2D eigenvalue weighted by atomic mass is 19.4. The highest BCUT2D eigenvalue weighted by Crippen LogP contribution is 2.37. The van der Waals surface area contributed by atoms with Gasteiger partial charge in [0.15, 0.2) is 0 Å². The largest absolute Gasteiger partial charge is 0.481 e. The minimum Gasteiger partial charge on any atom is -0.481 e. The SMILES string of the molecule is O=C(O)CCN1C[C@H](CO)[C@H](C(F)(F)F)C1. The first-order valence-corrected chi connectivity index (χ1v) is 4.96.